The molecule has 12 heteroatoms. The maximum Gasteiger partial charge on any atom is 0.326 e. The summed E-state index contributed by atoms with van der Waals surface area (Å²) in [5.41, 5.74) is 5.00. The summed E-state index contributed by atoms with van der Waals surface area (Å²) in [6, 6.07) is -3.90. The first-order chi connectivity index (χ1) is 14.0. The molecule has 0 radical (unpaired) electrons. The highest BCUT2D eigenvalue weighted by Gasteiger charge is 2.31. The van der Waals surface area contributed by atoms with Crippen LogP contribution in [-0.4, -0.2) is 71.2 Å². The predicted molar refractivity (Wildman–Crippen MR) is 112 cm³/mol. The van der Waals surface area contributed by atoms with Crippen LogP contribution in [0, 0.1) is 5.92 Å². The Kier molecular flexibility index (Phi) is 10.6. The van der Waals surface area contributed by atoms with Crippen LogP contribution in [0.3, 0.4) is 0 Å². The van der Waals surface area contributed by atoms with Gasteiger partial charge in [-0.05, 0) is 31.7 Å². The number of thiol groups is 1. The number of carboxylic acids is 1. The van der Waals surface area contributed by atoms with E-state index in [1.807, 2.05) is 13.8 Å². The second-order valence-corrected chi connectivity index (χ2v) is 8.02. The second kappa shape index (κ2) is 12.4. The van der Waals surface area contributed by atoms with Crippen LogP contribution in [0.5, 0.6) is 0 Å². The SMILES string of the molecule is CC(C)CC(NC(=O)C1CCCN1)C(=O)NC(CS)C(=O)NC(CC(N)=O)C(=O)O. The van der Waals surface area contributed by atoms with Crippen LogP contribution < -0.4 is 27.0 Å². The minimum absolute atomic E-state index is 0.0906. The molecule has 1 rings (SSSR count). The molecular formula is C18H31N5O6S. The van der Waals surface area contributed by atoms with Crippen LogP contribution in [0.1, 0.15) is 39.5 Å². The van der Waals surface area contributed by atoms with Gasteiger partial charge >= 0.3 is 5.97 Å². The largest absolute Gasteiger partial charge is 0.480 e. The lowest BCUT2D eigenvalue weighted by Gasteiger charge is -2.25. The zero-order valence-electron chi connectivity index (χ0n) is 17.1. The number of rotatable bonds is 12. The minimum atomic E-state index is -1.52. The number of carbonyl (C=O) groups is 5. The van der Waals surface area contributed by atoms with Gasteiger partial charge in [-0.1, -0.05) is 13.8 Å². The van der Waals surface area contributed by atoms with Gasteiger partial charge in [0.25, 0.3) is 0 Å². The van der Waals surface area contributed by atoms with E-state index in [-0.39, 0.29) is 23.6 Å². The normalized spacial score (nSPS) is 18.9. The van der Waals surface area contributed by atoms with Crippen molar-refractivity contribution in [3.8, 4) is 0 Å². The summed E-state index contributed by atoms with van der Waals surface area (Å²) in [6.45, 7) is 4.52. The molecule has 1 aliphatic heterocycles. The van der Waals surface area contributed by atoms with Gasteiger partial charge in [-0.2, -0.15) is 12.6 Å². The van der Waals surface area contributed by atoms with Crippen LogP contribution in [0.2, 0.25) is 0 Å². The Morgan fingerprint density at radius 3 is 2.13 bits per heavy atom. The molecule has 0 aliphatic carbocycles. The van der Waals surface area contributed by atoms with Crippen molar-refractivity contribution >= 4 is 42.2 Å². The molecule has 4 amide bonds. The van der Waals surface area contributed by atoms with Gasteiger partial charge in [0, 0.05) is 5.75 Å². The van der Waals surface area contributed by atoms with Crippen molar-refractivity contribution < 1.29 is 29.1 Å². The number of amides is 4. The highest BCUT2D eigenvalue weighted by atomic mass is 32.1. The van der Waals surface area contributed by atoms with Gasteiger partial charge in [-0.3, -0.25) is 19.2 Å². The Labute approximate surface area is 180 Å². The van der Waals surface area contributed by atoms with Crippen molar-refractivity contribution in [1.82, 2.24) is 21.3 Å². The fourth-order valence-corrected chi connectivity index (χ4v) is 3.28. The maximum atomic E-state index is 12.7. The fourth-order valence-electron chi connectivity index (χ4n) is 3.02. The van der Waals surface area contributed by atoms with Gasteiger partial charge < -0.3 is 32.1 Å². The summed E-state index contributed by atoms with van der Waals surface area (Å²) in [6.07, 6.45) is 1.32. The molecule has 1 fully saturated rings. The van der Waals surface area contributed by atoms with E-state index < -0.39 is 48.2 Å². The van der Waals surface area contributed by atoms with E-state index in [0.717, 1.165) is 13.0 Å². The number of hydrogen-bond donors (Lipinski definition) is 7. The number of carboxylic acid groups (broad SMARTS) is 1. The van der Waals surface area contributed by atoms with E-state index >= 15 is 0 Å². The fraction of sp³-hybridized carbons (Fsp3) is 0.722. The first-order valence-corrected chi connectivity index (χ1v) is 10.4. The molecule has 4 atom stereocenters. The average molecular weight is 446 g/mol. The zero-order valence-corrected chi connectivity index (χ0v) is 18.0. The zero-order chi connectivity index (χ0) is 22.8. The van der Waals surface area contributed by atoms with E-state index in [4.69, 9.17) is 10.8 Å². The molecule has 0 bridgehead atoms. The van der Waals surface area contributed by atoms with Crippen molar-refractivity contribution in [3.05, 3.63) is 0 Å². The van der Waals surface area contributed by atoms with Crippen LogP contribution in [-0.2, 0) is 24.0 Å². The van der Waals surface area contributed by atoms with Crippen molar-refractivity contribution in [3.63, 3.8) is 0 Å². The predicted octanol–water partition coefficient (Wildman–Crippen LogP) is -1.87. The Morgan fingerprint density at radius 1 is 1.07 bits per heavy atom. The molecule has 0 spiro atoms. The maximum absolute atomic E-state index is 12.7. The van der Waals surface area contributed by atoms with E-state index in [1.54, 1.807) is 0 Å². The first-order valence-electron chi connectivity index (χ1n) is 9.81. The van der Waals surface area contributed by atoms with Crippen molar-refractivity contribution in [1.29, 1.82) is 0 Å². The van der Waals surface area contributed by atoms with Gasteiger partial charge in [0.2, 0.25) is 23.6 Å². The van der Waals surface area contributed by atoms with Gasteiger partial charge in [0.05, 0.1) is 12.5 Å². The summed E-state index contributed by atoms with van der Waals surface area (Å²) in [4.78, 5) is 59.7. The van der Waals surface area contributed by atoms with Crippen LogP contribution in [0.4, 0.5) is 0 Å². The lowest BCUT2D eigenvalue weighted by atomic mass is 10.0. The molecule has 0 aromatic rings. The average Bonchev–Trinajstić information content (AvgIpc) is 3.18. The number of hydrogen-bond acceptors (Lipinski definition) is 7. The summed E-state index contributed by atoms with van der Waals surface area (Å²) in [7, 11) is 0. The summed E-state index contributed by atoms with van der Waals surface area (Å²) < 4.78 is 0. The number of primary amides is 1. The summed E-state index contributed by atoms with van der Waals surface area (Å²) >= 11 is 4.04. The smallest absolute Gasteiger partial charge is 0.326 e. The Balaban J connectivity index is 2.79. The van der Waals surface area contributed by atoms with Crippen molar-refractivity contribution in [2.24, 2.45) is 11.7 Å². The number of carbonyl (C=O) groups excluding carboxylic acids is 4. The monoisotopic (exact) mass is 445 g/mol. The lowest BCUT2D eigenvalue weighted by Crippen LogP contribution is -2.58. The number of nitrogens with two attached hydrogens (primary N) is 1. The standard InChI is InChI=1S/C18H31N5O6S/c1-9(2)6-11(21-15(25)10-4-3-5-20-10)16(26)23-13(8-30)17(27)22-12(18(28)29)7-14(19)24/h9-13,20,30H,3-8H2,1-2H3,(H2,19,24)(H,21,25)(H,22,27)(H,23,26)(H,28,29). The second-order valence-electron chi connectivity index (χ2n) is 7.65. The van der Waals surface area contributed by atoms with Crippen LogP contribution in [0.25, 0.3) is 0 Å². The van der Waals surface area contributed by atoms with Gasteiger partial charge in [0.15, 0.2) is 0 Å². The van der Waals surface area contributed by atoms with Crippen molar-refractivity contribution in [2.45, 2.75) is 63.7 Å². The summed E-state index contributed by atoms with van der Waals surface area (Å²) in [5, 5.41) is 19.6. The Morgan fingerprint density at radius 2 is 1.67 bits per heavy atom. The molecule has 11 nitrogen and oxygen atoms in total. The molecule has 0 aromatic heterocycles. The molecule has 30 heavy (non-hydrogen) atoms. The third-order valence-electron chi connectivity index (χ3n) is 4.55. The molecule has 1 heterocycles. The number of nitrogens with one attached hydrogen (secondary N) is 4. The van der Waals surface area contributed by atoms with Crippen LogP contribution in [0.15, 0.2) is 0 Å². The minimum Gasteiger partial charge on any atom is -0.480 e. The molecule has 1 aliphatic rings. The van der Waals surface area contributed by atoms with E-state index in [1.165, 1.54) is 0 Å². The van der Waals surface area contributed by atoms with Gasteiger partial charge in [-0.25, -0.2) is 4.79 Å². The molecule has 1 saturated heterocycles. The molecule has 0 saturated carbocycles. The highest BCUT2D eigenvalue weighted by molar-refractivity contribution is 7.80. The third-order valence-corrected chi connectivity index (χ3v) is 4.92. The Hall–Kier alpha value is -2.34. The van der Waals surface area contributed by atoms with Gasteiger partial charge in [0.1, 0.15) is 18.1 Å². The molecule has 0 aromatic carbocycles. The highest BCUT2D eigenvalue weighted by Crippen LogP contribution is 2.09. The van der Waals surface area contributed by atoms with Crippen molar-refractivity contribution in [2.75, 3.05) is 12.3 Å². The first kappa shape index (κ1) is 25.7. The lowest BCUT2D eigenvalue weighted by molar-refractivity contribution is -0.143. The van der Waals surface area contributed by atoms with E-state index in [0.29, 0.717) is 12.8 Å². The topological polar surface area (TPSA) is 180 Å². The molecule has 7 N–H and O–H groups in total. The van der Waals surface area contributed by atoms with Gasteiger partial charge in [-0.15, -0.1) is 0 Å². The molecule has 4 unspecified atom stereocenters. The quantitative estimate of drug-likeness (QED) is 0.172. The molecule has 170 valence electrons. The van der Waals surface area contributed by atoms with E-state index in [9.17, 15) is 24.0 Å². The number of aliphatic carboxylic acids is 1. The Bertz CT molecular complexity index is 653. The summed E-state index contributed by atoms with van der Waals surface area (Å²) in [5.74, 6) is -4.03. The molecular weight excluding hydrogens is 414 g/mol. The third kappa shape index (κ3) is 8.57. The van der Waals surface area contributed by atoms with E-state index in [2.05, 4.69) is 33.9 Å². The van der Waals surface area contributed by atoms with Crippen LogP contribution >= 0.6 is 12.6 Å².